The van der Waals surface area contributed by atoms with E-state index >= 15 is 0 Å². The summed E-state index contributed by atoms with van der Waals surface area (Å²) in [6, 6.07) is 14.1. The Balaban J connectivity index is 1.26. The van der Waals surface area contributed by atoms with Crippen LogP contribution in [0.25, 0.3) is 0 Å². The van der Waals surface area contributed by atoms with E-state index in [1.54, 1.807) is 7.11 Å². The third-order valence-corrected chi connectivity index (χ3v) is 5.81. The van der Waals surface area contributed by atoms with Crippen LogP contribution in [-0.2, 0) is 30.7 Å². The number of hydrogen-bond donors (Lipinski definition) is 4. The molecule has 30 heavy (non-hydrogen) atoms. The van der Waals surface area contributed by atoms with Gasteiger partial charge in [-0.2, -0.15) is 0 Å². The Morgan fingerprint density at radius 1 is 1.13 bits per heavy atom. The van der Waals surface area contributed by atoms with Crippen LogP contribution >= 0.6 is 0 Å². The van der Waals surface area contributed by atoms with Crippen molar-refractivity contribution in [1.29, 1.82) is 0 Å². The van der Waals surface area contributed by atoms with E-state index in [9.17, 15) is 9.90 Å². The summed E-state index contributed by atoms with van der Waals surface area (Å²) in [7, 11) is 1.63. The molecule has 2 heterocycles. The van der Waals surface area contributed by atoms with Crippen molar-refractivity contribution in [2.24, 2.45) is 0 Å². The molecule has 0 radical (unpaired) electrons. The number of methoxy groups -OCH3 is 1. The molecule has 0 saturated carbocycles. The van der Waals surface area contributed by atoms with Gasteiger partial charge in [-0.1, -0.05) is 30.3 Å². The fourth-order valence-electron chi connectivity index (χ4n) is 4.11. The highest BCUT2D eigenvalue weighted by atomic mass is 16.6. The predicted octanol–water partition coefficient (Wildman–Crippen LogP) is 1.51. The summed E-state index contributed by atoms with van der Waals surface area (Å²) in [5.41, 5.74) is 4.95. The van der Waals surface area contributed by atoms with Crippen LogP contribution in [0, 0.1) is 0 Å². The molecule has 2 aromatic rings. The number of carbonyl (C=O) groups excluding carboxylic acids is 1. The fraction of sp³-hybridized carbons (Fsp3) is 0.435. The summed E-state index contributed by atoms with van der Waals surface area (Å²) in [5.74, 6) is 0.796. The third kappa shape index (κ3) is 4.92. The van der Waals surface area contributed by atoms with Crippen molar-refractivity contribution in [2.75, 3.05) is 20.2 Å². The number of amides is 1. The number of nitrogens with one attached hydrogen (secondary N) is 3. The number of aliphatic hydroxyl groups excluding tert-OH is 1. The van der Waals surface area contributed by atoms with Crippen LogP contribution in [-0.4, -0.2) is 49.6 Å². The first-order valence-electron chi connectivity index (χ1n) is 10.4. The Labute approximate surface area is 176 Å². The number of aliphatic hydroxyl groups is 1. The van der Waals surface area contributed by atoms with Crippen molar-refractivity contribution in [1.82, 2.24) is 16.0 Å². The number of rotatable bonds is 7. The minimum Gasteiger partial charge on any atom is -0.497 e. The monoisotopic (exact) mass is 411 g/mol. The maximum atomic E-state index is 12.3. The lowest BCUT2D eigenvalue weighted by atomic mass is 10.0. The molecule has 0 spiro atoms. The van der Waals surface area contributed by atoms with Crippen molar-refractivity contribution >= 4 is 6.09 Å². The van der Waals surface area contributed by atoms with Gasteiger partial charge in [-0.3, -0.25) is 0 Å². The van der Waals surface area contributed by atoms with Gasteiger partial charge < -0.3 is 30.5 Å². The molecule has 1 fully saturated rings. The second-order valence-electron chi connectivity index (χ2n) is 7.89. The Morgan fingerprint density at radius 3 is 2.70 bits per heavy atom. The van der Waals surface area contributed by atoms with Gasteiger partial charge in [0.1, 0.15) is 18.0 Å². The highest BCUT2D eigenvalue weighted by molar-refractivity contribution is 5.67. The summed E-state index contributed by atoms with van der Waals surface area (Å²) in [5, 5.41) is 19.7. The van der Waals surface area contributed by atoms with Gasteiger partial charge in [0.25, 0.3) is 0 Å². The van der Waals surface area contributed by atoms with E-state index in [1.807, 2.05) is 24.3 Å². The van der Waals surface area contributed by atoms with Crippen LogP contribution < -0.4 is 20.7 Å². The van der Waals surface area contributed by atoms with Crippen molar-refractivity contribution in [3.05, 3.63) is 64.7 Å². The first-order valence-corrected chi connectivity index (χ1v) is 10.4. The molecule has 1 amide bonds. The highest BCUT2D eigenvalue weighted by Crippen LogP contribution is 2.20. The summed E-state index contributed by atoms with van der Waals surface area (Å²) in [6.45, 7) is 2.72. The summed E-state index contributed by atoms with van der Waals surface area (Å²) >= 11 is 0. The van der Waals surface area contributed by atoms with Gasteiger partial charge in [0.2, 0.25) is 0 Å². The zero-order valence-electron chi connectivity index (χ0n) is 17.2. The van der Waals surface area contributed by atoms with E-state index in [4.69, 9.17) is 9.47 Å². The van der Waals surface area contributed by atoms with Crippen molar-refractivity contribution in [3.8, 4) is 5.75 Å². The average Bonchev–Trinajstić information content (AvgIpc) is 3.36. The highest BCUT2D eigenvalue weighted by Gasteiger charge is 2.37. The van der Waals surface area contributed by atoms with Crippen LogP contribution in [0.15, 0.2) is 42.5 Å². The largest absolute Gasteiger partial charge is 0.497 e. The van der Waals surface area contributed by atoms with E-state index in [1.165, 1.54) is 16.7 Å². The lowest BCUT2D eigenvalue weighted by molar-refractivity contribution is 0.0191. The number of ether oxygens (including phenoxy) is 2. The van der Waals surface area contributed by atoms with Crippen LogP contribution in [0.5, 0.6) is 5.75 Å². The normalized spacial score (nSPS) is 22.5. The number of fused-ring (bicyclic) bond motifs is 1. The molecule has 0 aromatic heterocycles. The van der Waals surface area contributed by atoms with Crippen molar-refractivity contribution < 1.29 is 19.4 Å². The van der Waals surface area contributed by atoms with E-state index in [0.29, 0.717) is 19.5 Å². The number of carbonyl (C=O) groups is 1. The SMILES string of the molecule is COc1ccc(C[C@H]2NC[C@H](O)[C@H]2OC(=O)NCCc2ccc3c(c2)CNC3)cc1. The molecule has 0 bridgehead atoms. The van der Waals surface area contributed by atoms with Gasteiger partial charge in [-0.15, -0.1) is 0 Å². The van der Waals surface area contributed by atoms with Crippen LogP contribution in [0.4, 0.5) is 4.79 Å². The number of alkyl carbamates (subject to hydrolysis) is 1. The quantitative estimate of drug-likeness (QED) is 0.552. The second-order valence-corrected chi connectivity index (χ2v) is 7.89. The Hall–Kier alpha value is -2.61. The molecule has 2 aromatic carbocycles. The summed E-state index contributed by atoms with van der Waals surface area (Å²) in [4.78, 5) is 12.3. The van der Waals surface area contributed by atoms with Gasteiger partial charge in [0.05, 0.1) is 13.2 Å². The fourth-order valence-corrected chi connectivity index (χ4v) is 4.11. The third-order valence-electron chi connectivity index (χ3n) is 5.81. The topological polar surface area (TPSA) is 91.8 Å². The zero-order chi connectivity index (χ0) is 20.9. The van der Waals surface area contributed by atoms with E-state index in [2.05, 4.69) is 34.1 Å². The molecular weight excluding hydrogens is 382 g/mol. The Bertz CT molecular complexity index is 871. The van der Waals surface area contributed by atoms with Gasteiger partial charge in [-0.25, -0.2) is 4.79 Å². The van der Waals surface area contributed by atoms with Crippen LogP contribution in [0.2, 0.25) is 0 Å². The lowest BCUT2D eigenvalue weighted by Gasteiger charge is -2.22. The molecule has 160 valence electrons. The smallest absolute Gasteiger partial charge is 0.407 e. The van der Waals surface area contributed by atoms with E-state index < -0.39 is 18.3 Å². The number of β-amino-alcohol motifs (C(OH)–C–C–N with tert-alkyl or cyclic N) is 1. The molecule has 7 heteroatoms. The summed E-state index contributed by atoms with van der Waals surface area (Å²) in [6.07, 6.45) is -0.405. The molecule has 1 saturated heterocycles. The van der Waals surface area contributed by atoms with Gasteiger partial charge in [-0.05, 0) is 47.2 Å². The van der Waals surface area contributed by atoms with Crippen molar-refractivity contribution in [3.63, 3.8) is 0 Å². The van der Waals surface area contributed by atoms with Gasteiger partial charge in [0, 0.05) is 26.2 Å². The molecular formula is C23H29N3O4. The lowest BCUT2D eigenvalue weighted by Crippen LogP contribution is -2.41. The molecule has 2 aliphatic heterocycles. The standard InChI is InChI=1S/C23H29N3O4/c1-29-19-6-3-15(4-7-19)11-20-22(21(27)14-26-20)30-23(28)25-9-8-16-2-5-17-12-24-13-18(17)10-16/h2-7,10,20-22,24,26-27H,8-9,11-14H2,1H3,(H,25,28)/t20-,21+,22+/m1/s1. The molecule has 0 aliphatic carbocycles. The van der Waals surface area contributed by atoms with Crippen LogP contribution in [0.3, 0.4) is 0 Å². The molecule has 3 atom stereocenters. The molecule has 4 rings (SSSR count). The molecule has 0 unspecified atom stereocenters. The summed E-state index contributed by atoms with van der Waals surface area (Å²) < 4.78 is 10.8. The number of hydrogen-bond acceptors (Lipinski definition) is 6. The molecule has 7 nitrogen and oxygen atoms in total. The molecule has 2 aliphatic rings. The van der Waals surface area contributed by atoms with Gasteiger partial charge in [0.15, 0.2) is 0 Å². The van der Waals surface area contributed by atoms with E-state index in [-0.39, 0.29) is 6.04 Å². The van der Waals surface area contributed by atoms with E-state index in [0.717, 1.165) is 30.8 Å². The molecule has 4 N–H and O–H groups in total. The Kier molecular flexibility index (Phi) is 6.52. The maximum absolute atomic E-state index is 12.3. The number of benzene rings is 2. The van der Waals surface area contributed by atoms with Gasteiger partial charge >= 0.3 is 6.09 Å². The first kappa shape index (κ1) is 20.7. The second kappa shape index (κ2) is 9.47. The Morgan fingerprint density at radius 2 is 1.90 bits per heavy atom. The zero-order valence-corrected chi connectivity index (χ0v) is 17.2. The first-order chi connectivity index (χ1) is 14.6. The maximum Gasteiger partial charge on any atom is 0.407 e. The van der Waals surface area contributed by atoms with Crippen molar-refractivity contribution in [2.45, 2.75) is 44.2 Å². The van der Waals surface area contributed by atoms with Crippen LogP contribution in [0.1, 0.15) is 22.3 Å². The minimum absolute atomic E-state index is 0.136. The average molecular weight is 412 g/mol. The predicted molar refractivity (Wildman–Crippen MR) is 113 cm³/mol. The minimum atomic E-state index is -0.719.